The number of hydrogen-bond donors (Lipinski definition) is 1. The first kappa shape index (κ1) is 14.2. The van der Waals surface area contributed by atoms with Gasteiger partial charge >= 0.3 is 0 Å². The first-order valence-electron chi connectivity index (χ1n) is 8.07. The van der Waals surface area contributed by atoms with Crippen LogP contribution in [0.2, 0.25) is 0 Å². The van der Waals surface area contributed by atoms with Crippen molar-refractivity contribution in [2.24, 2.45) is 0 Å². The number of hydrogen-bond acceptors (Lipinski definition) is 7. The molecule has 2 heterocycles. The predicted molar refractivity (Wildman–Crippen MR) is 83.9 cm³/mol. The van der Waals surface area contributed by atoms with E-state index in [1.807, 2.05) is 4.90 Å². The molecule has 1 aromatic heterocycles. The maximum absolute atomic E-state index is 11.6. The van der Waals surface area contributed by atoms with Crippen molar-refractivity contribution < 1.29 is 8.42 Å². The van der Waals surface area contributed by atoms with Gasteiger partial charge in [0.25, 0.3) is 0 Å². The molecule has 1 saturated heterocycles. The highest BCUT2D eigenvalue weighted by Crippen LogP contribution is 2.35. The average Bonchev–Trinajstić information content (AvgIpc) is 3.20. The second kappa shape index (κ2) is 5.33. The first-order chi connectivity index (χ1) is 10.6. The summed E-state index contributed by atoms with van der Waals surface area (Å²) >= 11 is 0. The Morgan fingerprint density at radius 3 is 2.32 bits per heavy atom. The quantitative estimate of drug-likeness (QED) is 0.882. The molecular weight excluding hydrogens is 302 g/mol. The Kier molecular flexibility index (Phi) is 3.43. The van der Waals surface area contributed by atoms with Gasteiger partial charge in [-0.2, -0.15) is 15.0 Å². The summed E-state index contributed by atoms with van der Waals surface area (Å²) in [6.45, 7) is 0.943. The normalized spacial score (nSPS) is 24.8. The summed E-state index contributed by atoms with van der Waals surface area (Å²) in [5, 5.41) is 3.35. The third-order valence-corrected chi connectivity index (χ3v) is 6.26. The van der Waals surface area contributed by atoms with E-state index in [4.69, 9.17) is 0 Å². The summed E-state index contributed by atoms with van der Waals surface area (Å²) in [4.78, 5) is 15.7. The number of sulfone groups is 1. The summed E-state index contributed by atoms with van der Waals surface area (Å²) in [7, 11) is -2.89. The van der Waals surface area contributed by atoms with Gasteiger partial charge in [0, 0.05) is 25.0 Å². The van der Waals surface area contributed by atoms with Crippen LogP contribution in [0.1, 0.15) is 43.8 Å². The molecule has 120 valence electrons. The van der Waals surface area contributed by atoms with Crippen molar-refractivity contribution in [1.82, 2.24) is 15.0 Å². The van der Waals surface area contributed by atoms with Crippen LogP contribution in [-0.2, 0) is 9.84 Å². The maximum Gasteiger partial charge on any atom is 0.230 e. The highest BCUT2D eigenvalue weighted by Gasteiger charge is 2.29. The average molecular weight is 323 g/mol. The van der Waals surface area contributed by atoms with E-state index in [1.54, 1.807) is 0 Å². The minimum atomic E-state index is -2.89. The lowest BCUT2D eigenvalue weighted by Gasteiger charge is -2.29. The third-order valence-electron chi connectivity index (χ3n) is 4.65. The van der Waals surface area contributed by atoms with Crippen LogP contribution in [0.25, 0.3) is 0 Å². The van der Waals surface area contributed by atoms with E-state index < -0.39 is 9.84 Å². The van der Waals surface area contributed by atoms with Crippen LogP contribution in [-0.4, -0.2) is 54.0 Å². The Morgan fingerprint density at radius 2 is 1.73 bits per heavy atom. The molecule has 0 unspecified atom stereocenters. The van der Waals surface area contributed by atoms with E-state index in [1.165, 1.54) is 19.3 Å². The SMILES string of the molecule is O=S1(=O)CCN(c2nc(NC3CC3)nc(C3CCC3)n2)CC1. The topological polar surface area (TPSA) is 88.1 Å². The zero-order chi connectivity index (χ0) is 15.2. The van der Waals surface area contributed by atoms with E-state index in [2.05, 4.69) is 20.3 Å². The zero-order valence-corrected chi connectivity index (χ0v) is 13.3. The van der Waals surface area contributed by atoms with Crippen LogP contribution in [0.5, 0.6) is 0 Å². The number of nitrogens with zero attached hydrogens (tertiary/aromatic N) is 4. The summed E-state index contributed by atoms with van der Waals surface area (Å²) in [6, 6.07) is 0.492. The van der Waals surface area contributed by atoms with Crippen LogP contribution >= 0.6 is 0 Å². The van der Waals surface area contributed by atoms with Gasteiger partial charge in [0.15, 0.2) is 9.84 Å². The van der Waals surface area contributed by atoms with Crippen molar-refractivity contribution in [2.75, 3.05) is 34.8 Å². The van der Waals surface area contributed by atoms with E-state index in [0.717, 1.165) is 18.7 Å². The summed E-state index contributed by atoms with van der Waals surface area (Å²) in [6.07, 6.45) is 5.85. The number of anilines is 2. The van der Waals surface area contributed by atoms with Crippen molar-refractivity contribution in [2.45, 2.75) is 44.1 Å². The Labute approximate surface area is 130 Å². The van der Waals surface area contributed by atoms with Crippen LogP contribution in [0, 0.1) is 0 Å². The molecule has 8 heteroatoms. The van der Waals surface area contributed by atoms with Crippen molar-refractivity contribution in [3.63, 3.8) is 0 Å². The fraction of sp³-hybridized carbons (Fsp3) is 0.786. The monoisotopic (exact) mass is 323 g/mol. The minimum absolute atomic E-state index is 0.183. The molecule has 0 radical (unpaired) electrons. The molecule has 22 heavy (non-hydrogen) atoms. The van der Waals surface area contributed by atoms with Crippen molar-refractivity contribution in [1.29, 1.82) is 0 Å². The number of aromatic nitrogens is 3. The lowest BCUT2D eigenvalue weighted by molar-refractivity contribution is 0.400. The van der Waals surface area contributed by atoms with Gasteiger partial charge in [0.1, 0.15) is 5.82 Å². The van der Waals surface area contributed by atoms with Gasteiger partial charge in [-0.3, -0.25) is 0 Å². The molecule has 2 aliphatic carbocycles. The molecular formula is C14H21N5O2S. The molecule has 3 fully saturated rings. The molecule has 0 bridgehead atoms. The summed E-state index contributed by atoms with van der Waals surface area (Å²) < 4.78 is 23.2. The lowest BCUT2D eigenvalue weighted by Crippen LogP contribution is -2.41. The van der Waals surface area contributed by atoms with Crippen LogP contribution in [0.15, 0.2) is 0 Å². The van der Waals surface area contributed by atoms with Gasteiger partial charge in [-0.1, -0.05) is 6.42 Å². The smallest absolute Gasteiger partial charge is 0.230 e. The molecule has 0 amide bonds. The fourth-order valence-corrected chi connectivity index (χ4v) is 3.96. The predicted octanol–water partition coefficient (Wildman–Crippen LogP) is 0.948. The molecule has 0 aromatic carbocycles. The van der Waals surface area contributed by atoms with Crippen LogP contribution in [0.3, 0.4) is 0 Å². The van der Waals surface area contributed by atoms with Gasteiger partial charge in [-0.25, -0.2) is 8.42 Å². The van der Waals surface area contributed by atoms with E-state index in [0.29, 0.717) is 36.9 Å². The second-order valence-electron chi connectivity index (χ2n) is 6.50. The molecule has 0 atom stereocenters. The van der Waals surface area contributed by atoms with Gasteiger partial charge in [-0.15, -0.1) is 0 Å². The van der Waals surface area contributed by atoms with Crippen LogP contribution in [0.4, 0.5) is 11.9 Å². The minimum Gasteiger partial charge on any atom is -0.351 e. The summed E-state index contributed by atoms with van der Waals surface area (Å²) in [5.41, 5.74) is 0. The second-order valence-corrected chi connectivity index (χ2v) is 8.81. The molecule has 1 aliphatic heterocycles. The third kappa shape index (κ3) is 3.02. The highest BCUT2D eigenvalue weighted by molar-refractivity contribution is 7.91. The van der Waals surface area contributed by atoms with Gasteiger partial charge < -0.3 is 10.2 Å². The lowest BCUT2D eigenvalue weighted by atomic mass is 9.85. The molecule has 3 aliphatic rings. The number of nitrogens with one attached hydrogen (secondary N) is 1. The van der Waals surface area contributed by atoms with E-state index >= 15 is 0 Å². The Bertz CT molecular complexity index is 656. The zero-order valence-electron chi connectivity index (χ0n) is 12.5. The maximum atomic E-state index is 11.6. The molecule has 0 spiro atoms. The molecule has 4 rings (SSSR count). The largest absolute Gasteiger partial charge is 0.351 e. The highest BCUT2D eigenvalue weighted by atomic mass is 32.2. The van der Waals surface area contributed by atoms with E-state index in [9.17, 15) is 8.42 Å². The Balaban J connectivity index is 1.59. The Hall–Kier alpha value is -1.44. The Morgan fingerprint density at radius 1 is 1.00 bits per heavy atom. The van der Waals surface area contributed by atoms with Gasteiger partial charge in [0.2, 0.25) is 11.9 Å². The van der Waals surface area contributed by atoms with Gasteiger partial charge in [0.05, 0.1) is 11.5 Å². The molecule has 7 nitrogen and oxygen atoms in total. The molecule has 1 aromatic rings. The standard InChI is InChI=1S/C14H21N5O2S/c20-22(21)8-6-19(7-9-22)14-17-12(10-2-1-3-10)16-13(18-14)15-11-4-5-11/h10-11H,1-9H2,(H,15,16,17,18). The van der Waals surface area contributed by atoms with Gasteiger partial charge in [-0.05, 0) is 25.7 Å². The van der Waals surface area contributed by atoms with Crippen molar-refractivity contribution >= 4 is 21.7 Å². The van der Waals surface area contributed by atoms with E-state index in [-0.39, 0.29) is 11.5 Å². The first-order valence-corrected chi connectivity index (χ1v) is 9.89. The fourth-order valence-electron chi connectivity index (χ4n) is 2.76. The number of rotatable bonds is 4. The van der Waals surface area contributed by atoms with Crippen molar-refractivity contribution in [3.05, 3.63) is 5.82 Å². The molecule has 2 saturated carbocycles. The summed E-state index contributed by atoms with van der Waals surface area (Å²) in [5.74, 6) is 2.96. The molecule has 1 N–H and O–H groups in total. The van der Waals surface area contributed by atoms with Crippen molar-refractivity contribution in [3.8, 4) is 0 Å². The van der Waals surface area contributed by atoms with Crippen LogP contribution < -0.4 is 10.2 Å².